The Balaban J connectivity index is 1.98. The summed E-state index contributed by atoms with van der Waals surface area (Å²) in [7, 11) is 1.30. The number of rotatable bonds is 6. The molecule has 0 spiro atoms. The molecule has 1 heterocycles. The van der Waals surface area contributed by atoms with E-state index in [9.17, 15) is 9.59 Å². The normalized spacial score (nSPS) is 11.5. The van der Waals surface area contributed by atoms with Crippen LogP contribution in [0.5, 0.6) is 0 Å². The number of nitrogens with zero attached hydrogens (tertiary/aromatic N) is 1. The van der Waals surface area contributed by atoms with Crippen molar-refractivity contribution in [3.05, 3.63) is 60.3 Å². The average Bonchev–Trinajstić information content (AvgIpc) is 2.59. The number of carbonyl (C=O) groups excluding carboxylic acids is 2. The van der Waals surface area contributed by atoms with Crippen molar-refractivity contribution in [3.63, 3.8) is 0 Å². The van der Waals surface area contributed by atoms with Crippen molar-refractivity contribution in [2.45, 2.75) is 11.1 Å². The Labute approximate surface area is 133 Å². The van der Waals surface area contributed by atoms with Gasteiger partial charge in [0.05, 0.1) is 17.9 Å². The Hall–Kier alpha value is -2.34. The summed E-state index contributed by atoms with van der Waals surface area (Å²) in [5.74, 6) is -0.575. The minimum absolute atomic E-state index is 0.178. The SMILES string of the molecule is COC(=O)[C@H](NC(=O)CSc1ccccn1)c1ccccc1. The standard InChI is InChI=1S/C16H16N2O3S/c1-21-16(20)15(12-7-3-2-4-8-12)18-13(19)11-22-14-9-5-6-10-17-14/h2-10,15H,11H2,1H3,(H,18,19)/t15-/m1/s1. The van der Waals surface area contributed by atoms with Crippen molar-refractivity contribution in [2.75, 3.05) is 12.9 Å². The molecular weight excluding hydrogens is 300 g/mol. The number of benzene rings is 1. The maximum Gasteiger partial charge on any atom is 0.333 e. The van der Waals surface area contributed by atoms with Crippen molar-refractivity contribution in [2.24, 2.45) is 0 Å². The predicted octanol–water partition coefficient (Wildman–Crippen LogP) is 2.20. The number of ether oxygens (including phenoxy) is 1. The van der Waals surface area contributed by atoms with Gasteiger partial charge in [-0.1, -0.05) is 48.2 Å². The third-order valence-electron chi connectivity index (χ3n) is 2.86. The zero-order valence-corrected chi connectivity index (χ0v) is 12.9. The van der Waals surface area contributed by atoms with Crippen LogP contribution in [-0.2, 0) is 14.3 Å². The maximum atomic E-state index is 12.1. The van der Waals surface area contributed by atoms with Crippen LogP contribution in [0, 0.1) is 0 Å². The highest BCUT2D eigenvalue weighted by molar-refractivity contribution is 7.99. The van der Waals surface area contributed by atoms with E-state index in [0.29, 0.717) is 5.56 Å². The second-order valence-corrected chi connectivity index (χ2v) is 5.39. The Morgan fingerprint density at radius 3 is 2.55 bits per heavy atom. The van der Waals surface area contributed by atoms with E-state index in [1.165, 1.54) is 18.9 Å². The highest BCUT2D eigenvalue weighted by atomic mass is 32.2. The fourth-order valence-corrected chi connectivity index (χ4v) is 2.49. The van der Waals surface area contributed by atoms with E-state index in [-0.39, 0.29) is 11.7 Å². The van der Waals surface area contributed by atoms with Gasteiger partial charge < -0.3 is 10.1 Å². The van der Waals surface area contributed by atoms with Crippen molar-refractivity contribution in [1.29, 1.82) is 0 Å². The molecule has 1 amide bonds. The topological polar surface area (TPSA) is 68.3 Å². The minimum atomic E-state index is -0.803. The Morgan fingerprint density at radius 2 is 1.91 bits per heavy atom. The molecule has 0 aliphatic rings. The number of nitrogens with one attached hydrogen (secondary N) is 1. The summed E-state index contributed by atoms with van der Waals surface area (Å²) < 4.78 is 4.76. The largest absolute Gasteiger partial charge is 0.467 e. The van der Waals surface area contributed by atoms with Gasteiger partial charge in [0.25, 0.3) is 0 Å². The van der Waals surface area contributed by atoms with Crippen LogP contribution in [0.2, 0.25) is 0 Å². The van der Waals surface area contributed by atoms with Gasteiger partial charge in [0, 0.05) is 6.20 Å². The number of thioether (sulfide) groups is 1. The third kappa shape index (κ3) is 4.60. The van der Waals surface area contributed by atoms with Crippen LogP contribution >= 0.6 is 11.8 Å². The van der Waals surface area contributed by atoms with Gasteiger partial charge >= 0.3 is 5.97 Å². The van der Waals surface area contributed by atoms with Gasteiger partial charge in [-0.05, 0) is 17.7 Å². The molecule has 1 N–H and O–H groups in total. The molecule has 1 atom stereocenters. The van der Waals surface area contributed by atoms with Crippen LogP contribution in [0.1, 0.15) is 11.6 Å². The molecule has 2 rings (SSSR count). The summed E-state index contributed by atoms with van der Waals surface area (Å²) in [6, 6.07) is 13.7. The lowest BCUT2D eigenvalue weighted by Gasteiger charge is -2.16. The lowest BCUT2D eigenvalue weighted by atomic mass is 10.1. The van der Waals surface area contributed by atoms with Crippen LogP contribution in [0.15, 0.2) is 59.8 Å². The van der Waals surface area contributed by atoms with E-state index >= 15 is 0 Å². The second-order valence-electron chi connectivity index (χ2n) is 4.39. The van der Waals surface area contributed by atoms with Gasteiger partial charge in [-0.2, -0.15) is 0 Å². The summed E-state index contributed by atoms with van der Waals surface area (Å²) in [5.41, 5.74) is 0.686. The van der Waals surface area contributed by atoms with Crippen molar-refractivity contribution in [1.82, 2.24) is 10.3 Å². The zero-order valence-electron chi connectivity index (χ0n) is 12.1. The number of hydrogen-bond donors (Lipinski definition) is 1. The van der Waals surface area contributed by atoms with Crippen LogP contribution in [0.3, 0.4) is 0 Å². The fourth-order valence-electron chi connectivity index (χ4n) is 1.82. The second kappa shape index (κ2) is 8.19. The molecule has 5 nitrogen and oxygen atoms in total. The third-order valence-corrected chi connectivity index (χ3v) is 3.81. The molecule has 0 saturated heterocycles. The molecule has 0 bridgehead atoms. The Bertz CT molecular complexity index is 620. The summed E-state index contributed by atoms with van der Waals surface area (Å²) in [5, 5.41) is 3.45. The summed E-state index contributed by atoms with van der Waals surface area (Å²) in [4.78, 5) is 28.0. The van der Waals surface area contributed by atoms with Gasteiger partial charge in [0.1, 0.15) is 0 Å². The summed E-state index contributed by atoms with van der Waals surface area (Å²) in [6.45, 7) is 0. The van der Waals surface area contributed by atoms with Crippen LogP contribution in [-0.4, -0.2) is 29.7 Å². The predicted molar refractivity (Wildman–Crippen MR) is 84.3 cm³/mol. The molecule has 0 fully saturated rings. The minimum Gasteiger partial charge on any atom is -0.467 e. The van der Waals surface area contributed by atoms with E-state index in [4.69, 9.17) is 4.74 Å². The number of esters is 1. The van der Waals surface area contributed by atoms with Crippen LogP contribution < -0.4 is 5.32 Å². The first-order valence-electron chi connectivity index (χ1n) is 6.66. The molecule has 0 aliphatic carbocycles. The Kier molecular flexibility index (Phi) is 5.97. The molecule has 0 unspecified atom stereocenters. The van der Waals surface area contributed by atoms with E-state index in [2.05, 4.69) is 10.3 Å². The number of pyridine rings is 1. The fraction of sp³-hybridized carbons (Fsp3) is 0.188. The van der Waals surface area contributed by atoms with Gasteiger partial charge in [-0.15, -0.1) is 0 Å². The highest BCUT2D eigenvalue weighted by Crippen LogP contribution is 2.17. The highest BCUT2D eigenvalue weighted by Gasteiger charge is 2.23. The molecule has 2 aromatic rings. The molecule has 1 aromatic carbocycles. The van der Waals surface area contributed by atoms with Crippen LogP contribution in [0.4, 0.5) is 0 Å². The van der Waals surface area contributed by atoms with Gasteiger partial charge in [0.2, 0.25) is 5.91 Å². The zero-order chi connectivity index (χ0) is 15.8. The molecule has 22 heavy (non-hydrogen) atoms. The number of amides is 1. The van der Waals surface area contributed by atoms with Crippen molar-refractivity contribution < 1.29 is 14.3 Å². The molecule has 0 aliphatic heterocycles. The smallest absolute Gasteiger partial charge is 0.333 e. The van der Waals surface area contributed by atoms with E-state index in [1.807, 2.05) is 24.3 Å². The molecule has 1 aromatic heterocycles. The van der Waals surface area contributed by atoms with E-state index in [0.717, 1.165) is 5.03 Å². The molecule has 114 valence electrons. The molecular formula is C16H16N2O3S. The quantitative estimate of drug-likeness (QED) is 0.653. The summed E-state index contributed by atoms with van der Waals surface area (Å²) in [6.07, 6.45) is 1.67. The van der Waals surface area contributed by atoms with E-state index < -0.39 is 12.0 Å². The van der Waals surface area contributed by atoms with Crippen molar-refractivity contribution >= 4 is 23.6 Å². The lowest BCUT2D eigenvalue weighted by Crippen LogP contribution is -2.35. The maximum absolute atomic E-state index is 12.1. The number of carbonyl (C=O) groups is 2. The molecule has 6 heteroatoms. The number of methoxy groups -OCH3 is 1. The first-order valence-corrected chi connectivity index (χ1v) is 7.65. The molecule has 0 saturated carbocycles. The van der Waals surface area contributed by atoms with Crippen molar-refractivity contribution in [3.8, 4) is 0 Å². The van der Waals surface area contributed by atoms with Gasteiger partial charge in [0.15, 0.2) is 6.04 Å². The number of hydrogen-bond acceptors (Lipinski definition) is 5. The summed E-state index contributed by atoms with van der Waals surface area (Å²) >= 11 is 1.31. The van der Waals surface area contributed by atoms with Gasteiger partial charge in [-0.3, -0.25) is 4.79 Å². The first-order chi connectivity index (χ1) is 10.7. The van der Waals surface area contributed by atoms with Crippen LogP contribution in [0.25, 0.3) is 0 Å². The monoisotopic (exact) mass is 316 g/mol. The molecule has 0 radical (unpaired) electrons. The van der Waals surface area contributed by atoms with Gasteiger partial charge in [-0.25, -0.2) is 9.78 Å². The van der Waals surface area contributed by atoms with E-state index in [1.54, 1.807) is 30.5 Å². The lowest BCUT2D eigenvalue weighted by molar-refractivity contribution is -0.145. The number of aromatic nitrogens is 1. The average molecular weight is 316 g/mol. The first kappa shape index (κ1) is 16.0. The Morgan fingerprint density at radius 1 is 1.18 bits per heavy atom.